The Hall–Kier alpha value is -4.38. The molecule has 0 saturated carbocycles. The number of nitrogens with zero attached hydrogens (tertiary/aromatic N) is 2. The predicted molar refractivity (Wildman–Crippen MR) is 122 cm³/mol. The lowest BCUT2D eigenvalue weighted by Crippen LogP contribution is -1.91. The van der Waals surface area contributed by atoms with Gasteiger partial charge in [-0.05, 0) is 65.7 Å². The summed E-state index contributed by atoms with van der Waals surface area (Å²) in [6, 6.07) is 30.2. The Bertz CT molecular complexity index is 1450. The van der Waals surface area contributed by atoms with E-state index in [1.54, 1.807) is 0 Å². The topological polar surface area (TPSA) is 64.1 Å². The molecular formula is C26H17N3O2. The molecule has 6 aromatic rings. The van der Waals surface area contributed by atoms with Crippen LogP contribution < -0.4 is 5.32 Å². The third kappa shape index (κ3) is 3.32. The van der Waals surface area contributed by atoms with Crippen LogP contribution in [0.25, 0.3) is 44.8 Å². The van der Waals surface area contributed by atoms with Crippen molar-refractivity contribution >= 4 is 33.6 Å². The van der Waals surface area contributed by atoms with E-state index in [1.165, 1.54) is 6.39 Å². The highest BCUT2D eigenvalue weighted by molar-refractivity contribution is 5.82. The molecule has 0 amide bonds. The molecule has 0 spiro atoms. The normalized spacial score (nSPS) is 11.2. The lowest BCUT2D eigenvalue weighted by molar-refractivity contribution is 0.602. The summed E-state index contributed by atoms with van der Waals surface area (Å²) in [5.41, 5.74) is 8.34. The van der Waals surface area contributed by atoms with Gasteiger partial charge in [0.05, 0.1) is 0 Å². The van der Waals surface area contributed by atoms with Gasteiger partial charge in [0.2, 0.25) is 5.89 Å². The van der Waals surface area contributed by atoms with Crippen LogP contribution in [-0.2, 0) is 0 Å². The first kappa shape index (κ1) is 17.5. The number of oxazole rings is 2. The molecule has 0 atom stereocenters. The van der Waals surface area contributed by atoms with Crippen LogP contribution in [0.15, 0.2) is 106 Å². The Kier molecular flexibility index (Phi) is 4.03. The monoisotopic (exact) mass is 403 g/mol. The molecule has 0 aliphatic heterocycles. The van der Waals surface area contributed by atoms with E-state index >= 15 is 0 Å². The molecule has 6 rings (SSSR count). The number of nitrogens with one attached hydrogen (secondary N) is 1. The van der Waals surface area contributed by atoms with Crippen LogP contribution in [0.2, 0.25) is 0 Å². The van der Waals surface area contributed by atoms with Gasteiger partial charge in [-0.15, -0.1) is 0 Å². The molecular weight excluding hydrogens is 386 g/mol. The first-order chi connectivity index (χ1) is 15.3. The maximum Gasteiger partial charge on any atom is 0.227 e. The van der Waals surface area contributed by atoms with Crippen molar-refractivity contribution in [2.45, 2.75) is 0 Å². The minimum absolute atomic E-state index is 0.611. The molecule has 1 N–H and O–H groups in total. The average molecular weight is 403 g/mol. The first-order valence-electron chi connectivity index (χ1n) is 9.99. The molecule has 0 aliphatic rings. The Labute approximate surface area is 178 Å². The summed E-state index contributed by atoms with van der Waals surface area (Å²) < 4.78 is 11.3. The number of aromatic nitrogens is 2. The SMILES string of the molecule is c1cc(Nc2cccc(-c3nc4ccccc4o3)c2)cc(-c2ccc3ocnc3c2)c1. The van der Waals surface area contributed by atoms with E-state index in [1.807, 2.05) is 78.9 Å². The van der Waals surface area contributed by atoms with Crippen LogP contribution in [0.3, 0.4) is 0 Å². The Morgan fingerprint density at radius 1 is 0.613 bits per heavy atom. The highest BCUT2D eigenvalue weighted by Gasteiger charge is 2.09. The van der Waals surface area contributed by atoms with Gasteiger partial charge in [-0.1, -0.05) is 36.4 Å². The van der Waals surface area contributed by atoms with Crippen molar-refractivity contribution in [1.29, 1.82) is 0 Å². The summed E-state index contributed by atoms with van der Waals surface area (Å²) in [5, 5.41) is 3.49. The zero-order valence-electron chi connectivity index (χ0n) is 16.4. The van der Waals surface area contributed by atoms with Crippen molar-refractivity contribution in [2.24, 2.45) is 0 Å². The standard InChI is InChI=1S/C26H17N3O2/c1-2-10-25-22(9-1)29-26(31-25)19-6-4-8-21(14-19)28-20-7-3-5-17(13-20)18-11-12-24-23(15-18)27-16-30-24/h1-16,28H. The molecule has 5 heteroatoms. The molecule has 4 aromatic carbocycles. The summed E-state index contributed by atoms with van der Waals surface area (Å²) in [5.74, 6) is 0.611. The number of fused-ring (bicyclic) bond motifs is 2. The van der Waals surface area contributed by atoms with Gasteiger partial charge in [0.1, 0.15) is 11.0 Å². The number of hydrogen-bond acceptors (Lipinski definition) is 5. The van der Waals surface area contributed by atoms with Gasteiger partial charge in [-0.2, -0.15) is 0 Å². The molecule has 0 fully saturated rings. The van der Waals surface area contributed by atoms with Crippen LogP contribution in [0, 0.1) is 0 Å². The van der Waals surface area contributed by atoms with Crippen molar-refractivity contribution in [2.75, 3.05) is 5.32 Å². The van der Waals surface area contributed by atoms with E-state index in [0.29, 0.717) is 5.89 Å². The molecule has 148 valence electrons. The molecule has 0 radical (unpaired) electrons. The molecule has 0 bridgehead atoms. The fourth-order valence-corrected chi connectivity index (χ4v) is 3.71. The molecule has 0 saturated heterocycles. The highest BCUT2D eigenvalue weighted by Crippen LogP contribution is 2.30. The first-order valence-corrected chi connectivity index (χ1v) is 9.99. The van der Waals surface area contributed by atoms with Crippen LogP contribution in [0.4, 0.5) is 11.4 Å². The number of rotatable bonds is 4. The maximum absolute atomic E-state index is 5.91. The largest absolute Gasteiger partial charge is 0.443 e. The molecule has 31 heavy (non-hydrogen) atoms. The van der Waals surface area contributed by atoms with Gasteiger partial charge < -0.3 is 14.2 Å². The van der Waals surface area contributed by atoms with Gasteiger partial charge in [-0.3, -0.25) is 0 Å². The van der Waals surface area contributed by atoms with Crippen LogP contribution in [0.5, 0.6) is 0 Å². The van der Waals surface area contributed by atoms with Crippen LogP contribution in [-0.4, -0.2) is 9.97 Å². The quantitative estimate of drug-likeness (QED) is 0.342. The summed E-state index contributed by atoms with van der Waals surface area (Å²) >= 11 is 0. The number of hydrogen-bond donors (Lipinski definition) is 1. The molecule has 2 aromatic heterocycles. The summed E-state index contributed by atoms with van der Waals surface area (Å²) in [4.78, 5) is 8.85. The zero-order valence-corrected chi connectivity index (χ0v) is 16.4. The minimum Gasteiger partial charge on any atom is -0.443 e. The summed E-state index contributed by atoms with van der Waals surface area (Å²) in [6.45, 7) is 0. The fourth-order valence-electron chi connectivity index (χ4n) is 3.71. The summed E-state index contributed by atoms with van der Waals surface area (Å²) in [7, 11) is 0. The van der Waals surface area contributed by atoms with Crippen molar-refractivity contribution in [3.05, 3.63) is 97.4 Å². The second-order valence-electron chi connectivity index (χ2n) is 7.31. The van der Waals surface area contributed by atoms with Crippen LogP contribution >= 0.6 is 0 Å². The van der Waals surface area contributed by atoms with E-state index in [2.05, 4.69) is 27.4 Å². The van der Waals surface area contributed by atoms with Gasteiger partial charge in [0, 0.05) is 16.9 Å². The molecule has 0 aliphatic carbocycles. The van der Waals surface area contributed by atoms with Gasteiger partial charge in [-0.25, -0.2) is 9.97 Å². The second kappa shape index (κ2) is 7.15. The van der Waals surface area contributed by atoms with Gasteiger partial charge >= 0.3 is 0 Å². The number of anilines is 2. The lowest BCUT2D eigenvalue weighted by Gasteiger charge is -2.09. The lowest BCUT2D eigenvalue weighted by atomic mass is 10.0. The molecule has 5 nitrogen and oxygen atoms in total. The van der Waals surface area contributed by atoms with E-state index in [4.69, 9.17) is 8.83 Å². The second-order valence-corrected chi connectivity index (χ2v) is 7.31. The van der Waals surface area contributed by atoms with E-state index in [-0.39, 0.29) is 0 Å². The van der Waals surface area contributed by atoms with Crippen molar-refractivity contribution in [1.82, 2.24) is 9.97 Å². The zero-order chi connectivity index (χ0) is 20.6. The molecule has 0 unspecified atom stereocenters. The number of para-hydroxylation sites is 2. The Balaban J connectivity index is 1.30. The Morgan fingerprint density at radius 2 is 1.39 bits per heavy atom. The number of benzene rings is 4. The third-order valence-corrected chi connectivity index (χ3v) is 5.22. The smallest absolute Gasteiger partial charge is 0.227 e. The maximum atomic E-state index is 5.91. The highest BCUT2D eigenvalue weighted by atomic mass is 16.3. The van der Waals surface area contributed by atoms with Crippen molar-refractivity contribution in [3.8, 4) is 22.6 Å². The predicted octanol–water partition coefficient (Wildman–Crippen LogP) is 7.05. The van der Waals surface area contributed by atoms with E-state index in [9.17, 15) is 0 Å². The van der Waals surface area contributed by atoms with E-state index in [0.717, 1.165) is 50.3 Å². The third-order valence-electron chi connectivity index (χ3n) is 5.22. The van der Waals surface area contributed by atoms with Gasteiger partial charge in [0.25, 0.3) is 0 Å². The summed E-state index contributed by atoms with van der Waals surface area (Å²) in [6.07, 6.45) is 1.47. The Morgan fingerprint density at radius 3 is 2.26 bits per heavy atom. The van der Waals surface area contributed by atoms with E-state index < -0.39 is 0 Å². The van der Waals surface area contributed by atoms with Crippen molar-refractivity contribution in [3.63, 3.8) is 0 Å². The van der Waals surface area contributed by atoms with Gasteiger partial charge in [0.15, 0.2) is 17.6 Å². The minimum atomic E-state index is 0.611. The van der Waals surface area contributed by atoms with Crippen molar-refractivity contribution < 1.29 is 8.83 Å². The average Bonchev–Trinajstić information content (AvgIpc) is 3.46. The van der Waals surface area contributed by atoms with Crippen LogP contribution in [0.1, 0.15) is 0 Å². The fraction of sp³-hybridized carbons (Fsp3) is 0. The molecule has 2 heterocycles.